The Labute approximate surface area is 206 Å². The lowest BCUT2D eigenvalue weighted by atomic mass is 9.94. The highest BCUT2D eigenvalue weighted by Crippen LogP contribution is 2.25. The number of aromatic amines is 1. The van der Waals surface area contributed by atoms with E-state index in [1.54, 1.807) is 6.07 Å². The molecule has 2 saturated heterocycles. The minimum absolute atomic E-state index is 0.0551. The van der Waals surface area contributed by atoms with Gasteiger partial charge in [-0.3, -0.25) is 24.0 Å². The zero-order chi connectivity index (χ0) is 25.3. The van der Waals surface area contributed by atoms with Gasteiger partial charge in [-0.05, 0) is 51.0 Å². The molecule has 2 aromatic heterocycles. The molecule has 35 heavy (non-hydrogen) atoms. The summed E-state index contributed by atoms with van der Waals surface area (Å²) in [5, 5.41) is 0.214. The quantitative estimate of drug-likeness (QED) is 0.675. The molecule has 1 amide bonds. The third kappa shape index (κ3) is 5.51. The Kier molecular flexibility index (Phi) is 7.76. The van der Waals surface area contributed by atoms with Gasteiger partial charge in [-0.25, -0.2) is 9.78 Å². The van der Waals surface area contributed by atoms with Gasteiger partial charge in [0.15, 0.2) is 5.65 Å². The molecule has 9 nitrogen and oxygen atoms in total. The van der Waals surface area contributed by atoms with E-state index in [2.05, 4.69) is 28.7 Å². The van der Waals surface area contributed by atoms with E-state index in [0.717, 1.165) is 32.5 Å². The van der Waals surface area contributed by atoms with Crippen molar-refractivity contribution in [2.24, 2.45) is 5.92 Å². The molecule has 2 aliphatic rings. The molecule has 4 rings (SSSR count). The molecule has 2 aromatic rings. The van der Waals surface area contributed by atoms with Crippen molar-refractivity contribution in [1.82, 2.24) is 24.3 Å². The molecular weight excluding hydrogens is 446 g/mol. The van der Waals surface area contributed by atoms with Gasteiger partial charge >= 0.3 is 5.69 Å². The first-order valence-electron chi connectivity index (χ1n) is 13.0. The SMILES string of the molecule is CCCn1c(=O)[nH]c(=O)c2c(C(=O)N3CCC(CN4CC(C)OC(C)C4)CC3)cc(C(C)C)nc21. The van der Waals surface area contributed by atoms with Crippen LogP contribution in [0.3, 0.4) is 0 Å². The van der Waals surface area contributed by atoms with Crippen molar-refractivity contribution in [3.05, 3.63) is 38.2 Å². The number of nitrogens with one attached hydrogen (secondary N) is 1. The fraction of sp³-hybridized carbons (Fsp3) is 0.692. The van der Waals surface area contributed by atoms with E-state index in [1.165, 1.54) is 4.57 Å². The van der Waals surface area contributed by atoms with Crippen molar-refractivity contribution in [1.29, 1.82) is 0 Å². The topological polar surface area (TPSA) is 101 Å². The number of piperidine rings is 1. The summed E-state index contributed by atoms with van der Waals surface area (Å²) in [7, 11) is 0. The first-order chi connectivity index (χ1) is 16.7. The number of hydrogen-bond donors (Lipinski definition) is 1. The summed E-state index contributed by atoms with van der Waals surface area (Å²) in [6.45, 7) is 14.9. The number of fused-ring (bicyclic) bond motifs is 1. The van der Waals surface area contributed by atoms with E-state index in [9.17, 15) is 14.4 Å². The summed E-state index contributed by atoms with van der Waals surface area (Å²) in [6.07, 6.45) is 3.08. The number of morpholine rings is 1. The maximum absolute atomic E-state index is 13.7. The van der Waals surface area contributed by atoms with Crippen LogP contribution >= 0.6 is 0 Å². The fourth-order valence-corrected chi connectivity index (χ4v) is 5.48. The van der Waals surface area contributed by atoms with E-state index in [4.69, 9.17) is 4.74 Å². The van der Waals surface area contributed by atoms with Crippen LogP contribution in [-0.2, 0) is 11.3 Å². The number of amides is 1. The third-order valence-electron chi connectivity index (χ3n) is 7.15. The number of aromatic nitrogens is 3. The molecule has 0 aliphatic carbocycles. The van der Waals surface area contributed by atoms with Gasteiger partial charge < -0.3 is 9.64 Å². The summed E-state index contributed by atoms with van der Waals surface area (Å²) in [4.78, 5) is 50.5. The number of carbonyl (C=O) groups is 1. The molecule has 0 spiro atoms. The molecule has 0 saturated carbocycles. The lowest BCUT2D eigenvalue weighted by Crippen LogP contribution is -2.48. The van der Waals surface area contributed by atoms with Crippen molar-refractivity contribution < 1.29 is 9.53 Å². The summed E-state index contributed by atoms with van der Waals surface area (Å²) in [5.74, 6) is 0.438. The molecule has 0 radical (unpaired) electrons. The number of hydrogen-bond acceptors (Lipinski definition) is 6. The first-order valence-corrected chi connectivity index (χ1v) is 13.0. The molecule has 2 unspecified atom stereocenters. The van der Waals surface area contributed by atoms with E-state index in [-0.39, 0.29) is 29.4 Å². The van der Waals surface area contributed by atoms with Gasteiger partial charge in [-0.2, -0.15) is 0 Å². The van der Waals surface area contributed by atoms with Gasteiger partial charge in [0, 0.05) is 45.0 Å². The predicted molar refractivity (Wildman–Crippen MR) is 136 cm³/mol. The van der Waals surface area contributed by atoms with E-state index in [1.807, 2.05) is 25.7 Å². The van der Waals surface area contributed by atoms with Crippen molar-refractivity contribution in [3.63, 3.8) is 0 Å². The van der Waals surface area contributed by atoms with Crippen LogP contribution in [0.4, 0.5) is 0 Å². The predicted octanol–water partition coefficient (Wildman–Crippen LogP) is 2.58. The third-order valence-corrected chi connectivity index (χ3v) is 7.15. The molecule has 2 fully saturated rings. The average Bonchev–Trinajstić information content (AvgIpc) is 2.80. The number of ether oxygens (including phenoxy) is 1. The molecule has 9 heteroatoms. The highest BCUT2D eigenvalue weighted by Gasteiger charge is 2.30. The van der Waals surface area contributed by atoms with Gasteiger partial charge in [0.25, 0.3) is 11.5 Å². The Morgan fingerprint density at radius 1 is 1.17 bits per heavy atom. The van der Waals surface area contributed by atoms with E-state index in [0.29, 0.717) is 48.9 Å². The Morgan fingerprint density at radius 2 is 1.83 bits per heavy atom. The second kappa shape index (κ2) is 10.6. The van der Waals surface area contributed by atoms with Crippen LogP contribution in [0.5, 0.6) is 0 Å². The van der Waals surface area contributed by atoms with Crippen LogP contribution in [-0.4, -0.2) is 75.2 Å². The summed E-state index contributed by atoms with van der Waals surface area (Å²) in [5.41, 5.74) is 0.332. The number of nitrogens with zero attached hydrogens (tertiary/aromatic N) is 4. The van der Waals surface area contributed by atoms with Crippen molar-refractivity contribution >= 4 is 16.9 Å². The first kappa shape index (κ1) is 25.6. The summed E-state index contributed by atoms with van der Waals surface area (Å²) < 4.78 is 7.34. The molecule has 0 aromatic carbocycles. The summed E-state index contributed by atoms with van der Waals surface area (Å²) in [6, 6.07) is 1.74. The smallest absolute Gasteiger partial charge is 0.329 e. The lowest BCUT2D eigenvalue weighted by Gasteiger charge is -2.39. The molecule has 1 N–H and O–H groups in total. The second-order valence-electron chi connectivity index (χ2n) is 10.6. The standard InChI is InChI=1S/C26H39N5O4/c1-6-9-31-23-22(24(32)28-26(31)34)20(12-21(27-23)16(2)3)25(33)30-10-7-19(8-11-30)15-29-13-17(4)35-18(5)14-29/h12,16-19H,6-11,13-15H2,1-5H3,(H,28,32,34). The molecule has 0 bridgehead atoms. The molecule has 4 heterocycles. The van der Waals surface area contributed by atoms with Crippen molar-refractivity contribution in [3.8, 4) is 0 Å². The largest absolute Gasteiger partial charge is 0.373 e. The van der Waals surface area contributed by atoms with Crippen LogP contribution < -0.4 is 11.2 Å². The minimum atomic E-state index is -0.547. The number of H-pyrrole nitrogens is 1. The normalized spacial score (nSPS) is 22.3. The fourth-order valence-electron chi connectivity index (χ4n) is 5.48. The number of aryl methyl sites for hydroxylation is 1. The van der Waals surface area contributed by atoms with Crippen molar-refractivity contribution in [2.75, 3.05) is 32.7 Å². The number of rotatable bonds is 6. The highest BCUT2D eigenvalue weighted by atomic mass is 16.5. The Morgan fingerprint density at radius 3 is 2.43 bits per heavy atom. The maximum atomic E-state index is 13.7. The summed E-state index contributed by atoms with van der Waals surface area (Å²) >= 11 is 0. The van der Waals surface area contributed by atoms with E-state index >= 15 is 0 Å². The van der Waals surface area contributed by atoms with Crippen LogP contribution in [0.25, 0.3) is 11.0 Å². The zero-order valence-electron chi connectivity index (χ0n) is 21.7. The van der Waals surface area contributed by atoms with Gasteiger partial charge in [-0.1, -0.05) is 20.8 Å². The maximum Gasteiger partial charge on any atom is 0.329 e. The van der Waals surface area contributed by atoms with Crippen LogP contribution in [0.2, 0.25) is 0 Å². The molecular formula is C26H39N5O4. The van der Waals surface area contributed by atoms with Crippen LogP contribution in [0, 0.1) is 5.92 Å². The monoisotopic (exact) mass is 485 g/mol. The molecule has 2 atom stereocenters. The number of carbonyl (C=O) groups excluding carboxylic acids is 1. The highest BCUT2D eigenvalue weighted by molar-refractivity contribution is 6.05. The zero-order valence-corrected chi connectivity index (χ0v) is 21.7. The second-order valence-corrected chi connectivity index (χ2v) is 10.6. The van der Waals surface area contributed by atoms with Gasteiger partial charge in [0.05, 0.1) is 23.2 Å². The van der Waals surface area contributed by atoms with Gasteiger partial charge in [0.1, 0.15) is 0 Å². The number of likely N-dealkylation sites (tertiary alicyclic amines) is 1. The molecule has 2 aliphatic heterocycles. The Bertz CT molecular complexity index is 1170. The number of pyridine rings is 1. The Balaban J connectivity index is 1.58. The van der Waals surface area contributed by atoms with Gasteiger partial charge in [-0.15, -0.1) is 0 Å². The van der Waals surface area contributed by atoms with Gasteiger partial charge in [0.2, 0.25) is 0 Å². The Hall–Kier alpha value is -2.52. The lowest BCUT2D eigenvalue weighted by molar-refractivity contribution is -0.0728. The van der Waals surface area contributed by atoms with E-state index < -0.39 is 11.2 Å². The average molecular weight is 486 g/mol. The van der Waals surface area contributed by atoms with Crippen LogP contribution in [0.1, 0.15) is 75.9 Å². The van der Waals surface area contributed by atoms with Crippen LogP contribution in [0.15, 0.2) is 15.7 Å². The molecule has 192 valence electrons. The van der Waals surface area contributed by atoms with Crippen molar-refractivity contribution in [2.45, 2.75) is 78.6 Å². The minimum Gasteiger partial charge on any atom is -0.373 e.